The molecule has 0 aliphatic carbocycles. The molecular formula is C11H13BrN4OS. The number of amides is 1. The zero-order valence-corrected chi connectivity index (χ0v) is 12.3. The highest BCUT2D eigenvalue weighted by Gasteiger charge is 2.10. The highest BCUT2D eigenvalue weighted by Crippen LogP contribution is 2.20. The topological polar surface area (TPSA) is 51.0 Å². The Bertz CT molecular complexity index is 511. The monoisotopic (exact) mass is 328 g/mol. The lowest BCUT2D eigenvalue weighted by molar-refractivity contribution is -0.130. The number of carbonyl (C=O) groups excluding carboxylic acids is 1. The fourth-order valence-corrected chi connectivity index (χ4v) is 3.01. The Kier molecular flexibility index (Phi) is 4.48. The number of hydrogen-bond acceptors (Lipinski definition) is 4. The van der Waals surface area contributed by atoms with E-state index in [1.165, 1.54) is 11.2 Å². The Morgan fingerprint density at radius 3 is 3.06 bits per heavy atom. The second-order valence-corrected chi connectivity index (χ2v) is 5.80. The summed E-state index contributed by atoms with van der Waals surface area (Å²) in [6.07, 6.45) is 3.52. The summed E-state index contributed by atoms with van der Waals surface area (Å²) in [5, 5.41) is 5.98. The summed E-state index contributed by atoms with van der Waals surface area (Å²) >= 11 is 5.05. The predicted octanol–water partition coefficient (Wildman–Crippen LogP) is 2.15. The third kappa shape index (κ3) is 3.64. The highest BCUT2D eigenvalue weighted by molar-refractivity contribution is 9.10. The van der Waals surface area contributed by atoms with Crippen molar-refractivity contribution in [2.24, 2.45) is 0 Å². The van der Waals surface area contributed by atoms with Gasteiger partial charge in [0.2, 0.25) is 5.91 Å². The van der Waals surface area contributed by atoms with Gasteiger partial charge in [0.05, 0.1) is 13.1 Å². The molecule has 2 heterocycles. The van der Waals surface area contributed by atoms with Crippen LogP contribution in [-0.4, -0.2) is 32.6 Å². The van der Waals surface area contributed by atoms with Crippen LogP contribution in [0.4, 0.5) is 0 Å². The van der Waals surface area contributed by atoms with Crippen LogP contribution < -0.4 is 0 Å². The molecule has 0 saturated heterocycles. The summed E-state index contributed by atoms with van der Waals surface area (Å²) in [5.74, 6) is 0.107. The maximum Gasteiger partial charge on any atom is 0.224 e. The number of aryl methyl sites for hydroxylation is 1. The van der Waals surface area contributed by atoms with Crippen LogP contribution in [0.2, 0.25) is 0 Å². The van der Waals surface area contributed by atoms with Crippen LogP contribution in [0.15, 0.2) is 28.6 Å². The molecule has 0 radical (unpaired) electrons. The molecule has 2 aromatic rings. The Labute approximate surface area is 118 Å². The van der Waals surface area contributed by atoms with Crippen molar-refractivity contribution in [1.29, 1.82) is 0 Å². The van der Waals surface area contributed by atoms with Crippen molar-refractivity contribution in [3.05, 3.63) is 33.5 Å². The van der Waals surface area contributed by atoms with E-state index in [-0.39, 0.29) is 5.91 Å². The maximum atomic E-state index is 11.9. The van der Waals surface area contributed by atoms with E-state index in [1.54, 1.807) is 27.2 Å². The molecule has 0 aromatic carbocycles. The lowest BCUT2D eigenvalue weighted by Crippen LogP contribution is -2.26. The van der Waals surface area contributed by atoms with Gasteiger partial charge in [0, 0.05) is 28.2 Å². The second kappa shape index (κ2) is 6.10. The van der Waals surface area contributed by atoms with Gasteiger partial charge in [-0.2, -0.15) is 5.10 Å². The molecule has 0 aliphatic heterocycles. The van der Waals surface area contributed by atoms with E-state index in [0.29, 0.717) is 19.5 Å². The lowest BCUT2D eigenvalue weighted by atomic mass is 10.3. The van der Waals surface area contributed by atoms with E-state index in [2.05, 4.69) is 26.0 Å². The number of rotatable bonds is 5. The Hall–Kier alpha value is -1.21. The standard InChI is InChI=1S/C11H13BrN4OS/c1-15(5-10-4-9(12)6-18-10)11(17)2-3-16-8-13-7-14-16/h4,6-8H,2-3,5H2,1H3. The van der Waals surface area contributed by atoms with Crippen LogP contribution in [0.3, 0.4) is 0 Å². The van der Waals surface area contributed by atoms with Gasteiger partial charge < -0.3 is 4.90 Å². The number of halogens is 1. The molecule has 1 amide bonds. The van der Waals surface area contributed by atoms with E-state index in [0.717, 1.165) is 4.47 Å². The van der Waals surface area contributed by atoms with Crippen LogP contribution >= 0.6 is 27.3 Å². The molecule has 0 saturated carbocycles. The van der Waals surface area contributed by atoms with Gasteiger partial charge in [0.25, 0.3) is 0 Å². The van der Waals surface area contributed by atoms with Crippen molar-refractivity contribution in [2.45, 2.75) is 19.5 Å². The van der Waals surface area contributed by atoms with Crippen molar-refractivity contribution in [3.8, 4) is 0 Å². The second-order valence-electron chi connectivity index (χ2n) is 3.89. The molecule has 18 heavy (non-hydrogen) atoms. The van der Waals surface area contributed by atoms with Gasteiger partial charge in [0.15, 0.2) is 0 Å². The van der Waals surface area contributed by atoms with Crippen LogP contribution in [0.25, 0.3) is 0 Å². The van der Waals surface area contributed by atoms with E-state index >= 15 is 0 Å². The Balaban J connectivity index is 1.81. The van der Waals surface area contributed by atoms with E-state index in [9.17, 15) is 4.79 Å². The summed E-state index contributed by atoms with van der Waals surface area (Å²) in [6.45, 7) is 1.21. The summed E-state index contributed by atoms with van der Waals surface area (Å²) in [5.41, 5.74) is 0. The molecule has 0 unspecified atom stereocenters. The van der Waals surface area contributed by atoms with Crippen molar-refractivity contribution >= 4 is 33.2 Å². The molecule has 96 valence electrons. The van der Waals surface area contributed by atoms with Gasteiger partial charge >= 0.3 is 0 Å². The van der Waals surface area contributed by atoms with Gasteiger partial charge in [-0.05, 0) is 22.0 Å². The Morgan fingerprint density at radius 2 is 2.44 bits per heavy atom. The molecule has 0 fully saturated rings. The van der Waals surface area contributed by atoms with Crippen LogP contribution in [-0.2, 0) is 17.9 Å². The average Bonchev–Trinajstić information content (AvgIpc) is 2.97. The minimum absolute atomic E-state index is 0.107. The van der Waals surface area contributed by atoms with Crippen molar-refractivity contribution in [3.63, 3.8) is 0 Å². The first-order valence-electron chi connectivity index (χ1n) is 5.44. The smallest absolute Gasteiger partial charge is 0.224 e. The molecular weight excluding hydrogens is 316 g/mol. The number of thiophene rings is 1. The first kappa shape index (κ1) is 13.2. The van der Waals surface area contributed by atoms with E-state index in [4.69, 9.17) is 0 Å². The summed E-state index contributed by atoms with van der Waals surface area (Å²) in [4.78, 5) is 18.6. The third-order valence-corrected chi connectivity index (χ3v) is 4.14. The summed E-state index contributed by atoms with van der Waals surface area (Å²) in [6, 6.07) is 2.03. The normalized spacial score (nSPS) is 10.6. The first-order valence-corrected chi connectivity index (χ1v) is 7.11. The van der Waals surface area contributed by atoms with Gasteiger partial charge in [-0.15, -0.1) is 11.3 Å². The van der Waals surface area contributed by atoms with E-state index in [1.807, 2.05) is 18.5 Å². The molecule has 2 rings (SSSR count). The molecule has 0 aliphatic rings. The number of nitrogens with zero attached hydrogens (tertiary/aromatic N) is 4. The van der Waals surface area contributed by atoms with Crippen LogP contribution in [0.1, 0.15) is 11.3 Å². The van der Waals surface area contributed by atoms with E-state index < -0.39 is 0 Å². The summed E-state index contributed by atoms with van der Waals surface area (Å²) < 4.78 is 2.72. The van der Waals surface area contributed by atoms with Crippen molar-refractivity contribution in [2.75, 3.05) is 7.05 Å². The minimum Gasteiger partial charge on any atom is -0.341 e. The summed E-state index contributed by atoms with van der Waals surface area (Å²) in [7, 11) is 1.82. The highest BCUT2D eigenvalue weighted by atomic mass is 79.9. The number of hydrogen-bond donors (Lipinski definition) is 0. The number of aromatic nitrogens is 3. The zero-order chi connectivity index (χ0) is 13.0. The largest absolute Gasteiger partial charge is 0.341 e. The van der Waals surface area contributed by atoms with Crippen molar-refractivity contribution < 1.29 is 4.79 Å². The average molecular weight is 329 g/mol. The zero-order valence-electron chi connectivity index (χ0n) is 9.91. The molecule has 0 atom stereocenters. The molecule has 7 heteroatoms. The predicted molar refractivity (Wildman–Crippen MR) is 73.1 cm³/mol. The van der Waals surface area contributed by atoms with Crippen LogP contribution in [0, 0.1) is 0 Å². The quantitative estimate of drug-likeness (QED) is 0.845. The third-order valence-electron chi connectivity index (χ3n) is 2.46. The molecule has 0 bridgehead atoms. The van der Waals surface area contributed by atoms with Gasteiger partial charge in [-0.1, -0.05) is 0 Å². The van der Waals surface area contributed by atoms with Crippen molar-refractivity contribution in [1.82, 2.24) is 19.7 Å². The molecule has 0 N–H and O–H groups in total. The Morgan fingerprint density at radius 1 is 1.61 bits per heavy atom. The SMILES string of the molecule is CN(Cc1cc(Br)cs1)C(=O)CCn1cncn1. The van der Waals surface area contributed by atoms with Gasteiger partial charge in [-0.25, -0.2) is 4.98 Å². The molecule has 5 nitrogen and oxygen atoms in total. The van der Waals surface area contributed by atoms with Gasteiger partial charge in [0.1, 0.15) is 12.7 Å². The fraction of sp³-hybridized carbons (Fsp3) is 0.364. The first-order chi connectivity index (χ1) is 8.65. The minimum atomic E-state index is 0.107. The van der Waals surface area contributed by atoms with Crippen LogP contribution in [0.5, 0.6) is 0 Å². The molecule has 2 aromatic heterocycles. The fourth-order valence-electron chi connectivity index (χ4n) is 1.51. The number of carbonyl (C=O) groups is 1. The maximum absolute atomic E-state index is 11.9. The molecule has 0 spiro atoms. The lowest BCUT2D eigenvalue weighted by Gasteiger charge is -2.15. The van der Waals surface area contributed by atoms with Gasteiger partial charge in [-0.3, -0.25) is 9.48 Å².